The third-order valence-electron chi connectivity index (χ3n) is 14.5. The van der Waals surface area contributed by atoms with Gasteiger partial charge in [0.1, 0.15) is 0 Å². The molecule has 8 bridgehead atoms. The highest BCUT2D eigenvalue weighted by molar-refractivity contribution is 5.10. The molecule has 0 spiro atoms. The molecular weight excluding hydrogens is 588 g/mol. The van der Waals surface area contributed by atoms with Crippen molar-refractivity contribution in [2.24, 2.45) is 47.3 Å². The summed E-state index contributed by atoms with van der Waals surface area (Å²) < 4.78 is 0. The fourth-order valence-corrected chi connectivity index (χ4v) is 12.5. The summed E-state index contributed by atoms with van der Waals surface area (Å²) >= 11 is 0. The molecule has 9 aliphatic rings. The van der Waals surface area contributed by atoms with Crippen molar-refractivity contribution < 1.29 is 9.85 Å². The molecule has 46 heavy (non-hydrogen) atoms. The standard InChI is InChI=1S/C32H54N10O4/c43-41(44)22-14-13-21-23(24(22)42(45)46)32-39-30-20-12-6-5-11-19(20)28(37-30)35-26-16-8-2-1-7-15(16)25(33-26)34-27-17-9-3-4-10-18(17)29(36-27)38-31(21)40-32/h15-40H,1-14H2. The first kappa shape index (κ1) is 30.5. The zero-order valence-electron chi connectivity index (χ0n) is 26.8. The van der Waals surface area contributed by atoms with Crippen molar-refractivity contribution in [3.63, 3.8) is 0 Å². The predicted octanol–water partition coefficient (Wildman–Crippen LogP) is 1.12. The van der Waals surface area contributed by atoms with Gasteiger partial charge in [-0.3, -0.25) is 62.8 Å². The van der Waals surface area contributed by atoms with Crippen LogP contribution in [0.5, 0.6) is 0 Å². The molecule has 9 fully saturated rings. The fourth-order valence-electron chi connectivity index (χ4n) is 12.5. The third-order valence-corrected chi connectivity index (χ3v) is 14.5. The van der Waals surface area contributed by atoms with Crippen LogP contribution in [-0.2, 0) is 0 Å². The van der Waals surface area contributed by atoms with Crippen LogP contribution in [0.15, 0.2) is 0 Å². The second kappa shape index (κ2) is 12.1. The molecule has 0 aromatic heterocycles. The van der Waals surface area contributed by atoms with E-state index in [1.165, 1.54) is 70.6 Å². The lowest BCUT2D eigenvalue weighted by Crippen LogP contribution is -2.62. The number of nitrogens with zero attached hydrogens (tertiary/aromatic N) is 2. The minimum absolute atomic E-state index is 0.00909. The Kier molecular flexibility index (Phi) is 8.04. The van der Waals surface area contributed by atoms with Gasteiger partial charge in [0.05, 0.1) is 55.2 Å². The second-order valence-electron chi connectivity index (χ2n) is 16.4. The van der Waals surface area contributed by atoms with E-state index in [1.807, 2.05) is 0 Å². The Bertz CT molecular complexity index is 1180. The fraction of sp³-hybridized carbons (Fsp3) is 1.00. The van der Waals surface area contributed by atoms with E-state index >= 15 is 0 Å². The van der Waals surface area contributed by atoms with Crippen molar-refractivity contribution in [2.45, 2.75) is 151 Å². The molecule has 5 aliphatic heterocycles. The molecule has 5 saturated heterocycles. The van der Waals surface area contributed by atoms with E-state index < -0.39 is 18.0 Å². The first-order chi connectivity index (χ1) is 22.4. The molecule has 0 amide bonds. The maximum absolute atomic E-state index is 12.6. The lowest BCUT2D eigenvalue weighted by Gasteiger charge is -2.36. The summed E-state index contributed by atoms with van der Waals surface area (Å²) in [5, 5.41) is 56.8. The highest BCUT2D eigenvalue weighted by Crippen LogP contribution is 2.46. The molecule has 18 atom stereocenters. The molecule has 0 radical (unpaired) electrons. The highest BCUT2D eigenvalue weighted by atomic mass is 16.6. The van der Waals surface area contributed by atoms with Crippen LogP contribution in [0.4, 0.5) is 0 Å². The molecular formula is C32H54N10O4. The Morgan fingerprint density at radius 2 is 0.674 bits per heavy atom. The molecule has 9 rings (SSSR count). The predicted molar refractivity (Wildman–Crippen MR) is 170 cm³/mol. The average molecular weight is 643 g/mol. The van der Waals surface area contributed by atoms with Crippen LogP contribution >= 0.6 is 0 Å². The van der Waals surface area contributed by atoms with Crippen molar-refractivity contribution in [1.29, 1.82) is 0 Å². The molecule has 0 aromatic rings. The van der Waals surface area contributed by atoms with E-state index in [0.29, 0.717) is 41.9 Å². The average Bonchev–Trinajstić information content (AvgIpc) is 3.80. The second-order valence-corrected chi connectivity index (χ2v) is 16.4. The maximum atomic E-state index is 12.6. The largest absolute Gasteiger partial charge is 0.286 e. The van der Waals surface area contributed by atoms with Crippen molar-refractivity contribution in [3.05, 3.63) is 20.2 Å². The first-order valence-electron chi connectivity index (χ1n) is 18.8. The molecule has 256 valence electrons. The topological polar surface area (TPSA) is 183 Å². The van der Waals surface area contributed by atoms with Crippen LogP contribution in [0.2, 0.25) is 0 Å². The highest BCUT2D eigenvalue weighted by Gasteiger charge is 2.62. The molecule has 18 unspecified atom stereocenters. The van der Waals surface area contributed by atoms with E-state index in [4.69, 9.17) is 0 Å². The molecule has 8 N–H and O–H groups in total. The van der Waals surface area contributed by atoms with E-state index in [2.05, 4.69) is 42.5 Å². The molecule has 4 saturated carbocycles. The van der Waals surface area contributed by atoms with Crippen molar-refractivity contribution in [2.75, 3.05) is 0 Å². The van der Waals surface area contributed by atoms with Gasteiger partial charge in [-0.05, 0) is 80.5 Å². The van der Waals surface area contributed by atoms with Crippen LogP contribution in [0.25, 0.3) is 0 Å². The molecule has 14 nitrogen and oxygen atoms in total. The Balaban J connectivity index is 1.08. The summed E-state index contributed by atoms with van der Waals surface area (Å²) in [5.74, 6) is 2.58. The monoisotopic (exact) mass is 642 g/mol. The van der Waals surface area contributed by atoms with E-state index in [1.54, 1.807) is 0 Å². The lowest BCUT2D eigenvalue weighted by atomic mass is 9.73. The van der Waals surface area contributed by atoms with Crippen LogP contribution in [-0.4, -0.2) is 71.3 Å². The molecule has 5 heterocycles. The number of hydrogen-bond donors (Lipinski definition) is 8. The summed E-state index contributed by atoms with van der Waals surface area (Å²) in [4.78, 5) is 24.1. The number of fused-ring (bicyclic) bond motifs is 20. The van der Waals surface area contributed by atoms with Gasteiger partial charge in [0.25, 0.3) is 12.1 Å². The van der Waals surface area contributed by atoms with Gasteiger partial charge in [0, 0.05) is 22.2 Å². The smallest absolute Gasteiger partial charge is 0.284 e. The van der Waals surface area contributed by atoms with Gasteiger partial charge >= 0.3 is 0 Å². The lowest BCUT2D eigenvalue weighted by molar-refractivity contribution is -0.630. The van der Waals surface area contributed by atoms with Crippen molar-refractivity contribution >= 4 is 0 Å². The van der Waals surface area contributed by atoms with Gasteiger partial charge < -0.3 is 0 Å². The molecule has 4 aliphatic carbocycles. The van der Waals surface area contributed by atoms with Gasteiger partial charge in [-0.1, -0.05) is 38.5 Å². The van der Waals surface area contributed by atoms with Gasteiger partial charge in [-0.15, -0.1) is 0 Å². The quantitative estimate of drug-likeness (QED) is 0.159. The van der Waals surface area contributed by atoms with Crippen LogP contribution < -0.4 is 42.5 Å². The number of nitrogens with one attached hydrogen (secondary N) is 8. The van der Waals surface area contributed by atoms with Crippen LogP contribution in [0.1, 0.15) is 89.9 Å². The SMILES string of the molecule is O=[N+]([O-])C1CCC2C3NC4NC(NC5NC(NC6NC(NC(N3)C2C1[N+](=O)[O-])C1CCCCC61)C1CCCCC51)C1CCCCC41. The summed E-state index contributed by atoms with van der Waals surface area (Å²) in [6.45, 7) is 0. The zero-order valence-corrected chi connectivity index (χ0v) is 26.8. The number of hydrogen-bond acceptors (Lipinski definition) is 12. The number of nitro groups is 2. The van der Waals surface area contributed by atoms with Crippen molar-refractivity contribution in [1.82, 2.24) is 42.5 Å². The maximum Gasteiger partial charge on any atom is 0.284 e. The summed E-state index contributed by atoms with van der Waals surface area (Å²) in [5.41, 5.74) is 0. The third kappa shape index (κ3) is 5.04. The van der Waals surface area contributed by atoms with Gasteiger partial charge in [0.15, 0.2) is 0 Å². The van der Waals surface area contributed by atoms with E-state index in [9.17, 15) is 20.2 Å². The number of rotatable bonds is 2. The Labute approximate surface area is 271 Å². The molecule has 0 aromatic carbocycles. The van der Waals surface area contributed by atoms with Gasteiger partial charge in [0.2, 0.25) is 0 Å². The van der Waals surface area contributed by atoms with E-state index in [0.717, 1.165) is 6.42 Å². The van der Waals surface area contributed by atoms with Crippen LogP contribution in [0, 0.1) is 67.6 Å². The van der Waals surface area contributed by atoms with Crippen molar-refractivity contribution in [3.8, 4) is 0 Å². The Morgan fingerprint density at radius 1 is 0.370 bits per heavy atom. The molecule has 14 heteroatoms. The summed E-state index contributed by atoms with van der Waals surface area (Å²) in [6.07, 6.45) is 15.9. The summed E-state index contributed by atoms with van der Waals surface area (Å²) in [6, 6.07) is -2.38. The van der Waals surface area contributed by atoms with Gasteiger partial charge in [-0.2, -0.15) is 0 Å². The summed E-state index contributed by atoms with van der Waals surface area (Å²) in [7, 11) is 0. The normalized spacial score (nSPS) is 54.7. The van der Waals surface area contributed by atoms with E-state index in [-0.39, 0.29) is 71.5 Å². The van der Waals surface area contributed by atoms with Crippen LogP contribution in [0.3, 0.4) is 0 Å². The minimum atomic E-state index is -1.22. The Morgan fingerprint density at radius 3 is 0.978 bits per heavy atom. The zero-order chi connectivity index (χ0) is 31.1. The van der Waals surface area contributed by atoms with Gasteiger partial charge in [-0.25, -0.2) is 0 Å². The minimum Gasteiger partial charge on any atom is -0.286 e. The Hall–Kier alpha value is -1.52. The first-order valence-corrected chi connectivity index (χ1v) is 18.8.